The van der Waals surface area contributed by atoms with Gasteiger partial charge in [-0.1, -0.05) is 44.2 Å². The van der Waals surface area contributed by atoms with Crippen molar-refractivity contribution < 1.29 is 14.2 Å². The van der Waals surface area contributed by atoms with E-state index in [0.29, 0.717) is 18.4 Å². The Hall–Kier alpha value is -0.900. The van der Waals surface area contributed by atoms with Crippen LogP contribution in [0.25, 0.3) is 0 Å². The van der Waals surface area contributed by atoms with Crippen LogP contribution < -0.4 is 0 Å². The quantitative estimate of drug-likeness (QED) is 0.778. The minimum absolute atomic E-state index is 0.0705. The van der Waals surface area contributed by atoms with Crippen molar-refractivity contribution in [3.63, 3.8) is 0 Å². The van der Waals surface area contributed by atoms with Gasteiger partial charge in [0, 0.05) is 5.56 Å². The molecule has 0 N–H and O–H groups in total. The minimum atomic E-state index is -0.255. The Bertz CT molecular complexity index is 417. The molecule has 4 unspecified atom stereocenters. The summed E-state index contributed by atoms with van der Waals surface area (Å²) in [6, 6.07) is 10.1. The Morgan fingerprint density at radius 2 is 1.68 bits per heavy atom. The molecule has 3 nitrogen and oxygen atoms in total. The molecule has 3 rings (SSSR count). The predicted molar refractivity (Wildman–Crippen MR) is 72.7 cm³/mol. The fourth-order valence-corrected chi connectivity index (χ4v) is 3.04. The van der Waals surface area contributed by atoms with E-state index in [0.717, 1.165) is 5.56 Å². The van der Waals surface area contributed by atoms with Gasteiger partial charge in [0.05, 0.1) is 18.8 Å². The third-order valence-corrected chi connectivity index (χ3v) is 4.61. The summed E-state index contributed by atoms with van der Waals surface area (Å²) >= 11 is 0. The SMILES string of the molecule is CC1C(C)[C@H](C)OC2COC(c3ccccc3)O[C@@H]21. The zero-order chi connectivity index (χ0) is 13.4. The van der Waals surface area contributed by atoms with Gasteiger partial charge >= 0.3 is 0 Å². The molecule has 2 heterocycles. The molecule has 104 valence electrons. The Balaban J connectivity index is 1.75. The first-order valence-electron chi connectivity index (χ1n) is 7.14. The molecule has 0 saturated carbocycles. The van der Waals surface area contributed by atoms with E-state index in [1.54, 1.807) is 0 Å². The van der Waals surface area contributed by atoms with E-state index in [2.05, 4.69) is 20.8 Å². The summed E-state index contributed by atoms with van der Waals surface area (Å²) in [6.45, 7) is 7.25. The van der Waals surface area contributed by atoms with Gasteiger partial charge in [-0.05, 0) is 18.8 Å². The summed E-state index contributed by atoms with van der Waals surface area (Å²) in [7, 11) is 0. The number of benzene rings is 1. The van der Waals surface area contributed by atoms with E-state index >= 15 is 0 Å². The van der Waals surface area contributed by atoms with Crippen LogP contribution in [0.2, 0.25) is 0 Å². The van der Waals surface area contributed by atoms with Gasteiger partial charge in [-0.3, -0.25) is 0 Å². The van der Waals surface area contributed by atoms with E-state index in [4.69, 9.17) is 14.2 Å². The molecule has 0 bridgehead atoms. The monoisotopic (exact) mass is 262 g/mol. The number of hydrogen-bond acceptors (Lipinski definition) is 3. The number of ether oxygens (including phenoxy) is 3. The second-order valence-electron chi connectivity index (χ2n) is 5.77. The van der Waals surface area contributed by atoms with E-state index in [-0.39, 0.29) is 24.6 Å². The van der Waals surface area contributed by atoms with Crippen LogP contribution in [-0.4, -0.2) is 24.9 Å². The van der Waals surface area contributed by atoms with Crippen LogP contribution in [0.15, 0.2) is 30.3 Å². The van der Waals surface area contributed by atoms with Crippen molar-refractivity contribution in [2.45, 2.75) is 45.4 Å². The highest BCUT2D eigenvalue weighted by Gasteiger charge is 2.44. The number of fused-ring (bicyclic) bond motifs is 1. The van der Waals surface area contributed by atoms with Crippen molar-refractivity contribution in [1.82, 2.24) is 0 Å². The van der Waals surface area contributed by atoms with Crippen LogP contribution in [0.3, 0.4) is 0 Å². The maximum Gasteiger partial charge on any atom is 0.184 e. The standard InChI is InChI=1S/C16H22O3/c1-10-11(2)15-14(18-12(10)3)9-17-16(19-15)13-7-5-4-6-8-13/h4-8,10-12,14-16H,9H2,1-3H3/t10?,11?,12-,14?,15+,16?/m0/s1. The third-order valence-electron chi connectivity index (χ3n) is 4.61. The maximum atomic E-state index is 6.16. The highest BCUT2D eigenvalue weighted by molar-refractivity contribution is 5.16. The Labute approximate surface area is 114 Å². The van der Waals surface area contributed by atoms with E-state index in [1.807, 2.05) is 30.3 Å². The average Bonchev–Trinajstić information content (AvgIpc) is 2.46. The topological polar surface area (TPSA) is 27.7 Å². The van der Waals surface area contributed by atoms with Crippen molar-refractivity contribution in [1.29, 1.82) is 0 Å². The second-order valence-corrected chi connectivity index (χ2v) is 5.77. The molecule has 3 heteroatoms. The van der Waals surface area contributed by atoms with Gasteiger partial charge in [0.2, 0.25) is 0 Å². The van der Waals surface area contributed by atoms with Crippen molar-refractivity contribution in [2.24, 2.45) is 11.8 Å². The summed E-state index contributed by atoms with van der Waals surface area (Å²) in [5, 5.41) is 0. The molecular weight excluding hydrogens is 240 g/mol. The highest BCUT2D eigenvalue weighted by atomic mass is 16.7. The maximum absolute atomic E-state index is 6.16. The smallest absolute Gasteiger partial charge is 0.184 e. The van der Waals surface area contributed by atoms with Crippen LogP contribution in [0, 0.1) is 11.8 Å². The lowest BCUT2D eigenvalue weighted by Crippen LogP contribution is -2.54. The van der Waals surface area contributed by atoms with Crippen LogP contribution in [0.1, 0.15) is 32.6 Å². The number of rotatable bonds is 1. The molecular formula is C16H22O3. The van der Waals surface area contributed by atoms with Crippen molar-refractivity contribution in [3.05, 3.63) is 35.9 Å². The van der Waals surface area contributed by atoms with Gasteiger partial charge in [0.25, 0.3) is 0 Å². The summed E-state index contributed by atoms with van der Waals surface area (Å²) in [4.78, 5) is 0. The first-order valence-corrected chi connectivity index (χ1v) is 7.14. The number of hydrogen-bond donors (Lipinski definition) is 0. The van der Waals surface area contributed by atoms with Crippen LogP contribution in [0.4, 0.5) is 0 Å². The first-order chi connectivity index (χ1) is 9.16. The van der Waals surface area contributed by atoms with E-state index in [1.165, 1.54) is 0 Å². The summed E-state index contributed by atoms with van der Waals surface area (Å²) in [6.07, 6.45) is 0.220. The zero-order valence-electron chi connectivity index (χ0n) is 11.8. The van der Waals surface area contributed by atoms with Gasteiger partial charge in [-0.15, -0.1) is 0 Å². The van der Waals surface area contributed by atoms with Crippen LogP contribution in [0.5, 0.6) is 0 Å². The third kappa shape index (κ3) is 2.42. The van der Waals surface area contributed by atoms with E-state index in [9.17, 15) is 0 Å². The Morgan fingerprint density at radius 3 is 2.42 bits per heavy atom. The molecule has 1 aromatic carbocycles. The highest BCUT2D eigenvalue weighted by Crippen LogP contribution is 2.38. The minimum Gasteiger partial charge on any atom is -0.370 e. The van der Waals surface area contributed by atoms with Gasteiger partial charge in [-0.2, -0.15) is 0 Å². The predicted octanol–water partition coefficient (Wildman–Crippen LogP) is 3.16. The lowest BCUT2D eigenvalue weighted by atomic mass is 9.81. The van der Waals surface area contributed by atoms with Crippen LogP contribution >= 0.6 is 0 Å². The van der Waals surface area contributed by atoms with E-state index < -0.39 is 0 Å². The molecule has 2 saturated heterocycles. The van der Waals surface area contributed by atoms with Crippen molar-refractivity contribution >= 4 is 0 Å². The Morgan fingerprint density at radius 1 is 0.947 bits per heavy atom. The molecule has 0 aromatic heterocycles. The van der Waals surface area contributed by atoms with Gasteiger partial charge in [0.15, 0.2) is 6.29 Å². The first kappa shape index (κ1) is 13.1. The van der Waals surface area contributed by atoms with Gasteiger partial charge in [0.1, 0.15) is 6.10 Å². The zero-order valence-corrected chi connectivity index (χ0v) is 11.8. The largest absolute Gasteiger partial charge is 0.370 e. The molecule has 0 spiro atoms. The lowest BCUT2D eigenvalue weighted by Gasteiger charge is -2.47. The summed E-state index contributed by atoms with van der Waals surface area (Å²) < 4.78 is 18.0. The molecule has 0 radical (unpaired) electrons. The molecule has 19 heavy (non-hydrogen) atoms. The average molecular weight is 262 g/mol. The molecule has 6 atom stereocenters. The summed E-state index contributed by atoms with van der Waals surface area (Å²) in [5.41, 5.74) is 1.08. The van der Waals surface area contributed by atoms with Crippen molar-refractivity contribution in [2.75, 3.05) is 6.61 Å². The molecule has 2 aliphatic heterocycles. The fraction of sp³-hybridized carbons (Fsp3) is 0.625. The molecule has 1 aromatic rings. The summed E-state index contributed by atoms with van der Waals surface area (Å²) in [5.74, 6) is 1.000. The Kier molecular flexibility index (Phi) is 3.61. The normalized spacial score (nSPS) is 42.7. The lowest BCUT2D eigenvalue weighted by molar-refractivity contribution is -0.308. The molecule has 2 fully saturated rings. The second kappa shape index (κ2) is 5.23. The van der Waals surface area contributed by atoms with Gasteiger partial charge < -0.3 is 14.2 Å². The van der Waals surface area contributed by atoms with Crippen molar-refractivity contribution in [3.8, 4) is 0 Å². The molecule has 2 aliphatic rings. The van der Waals surface area contributed by atoms with Crippen LogP contribution in [-0.2, 0) is 14.2 Å². The molecule has 0 aliphatic carbocycles. The molecule has 0 amide bonds. The fourth-order valence-electron chi connectivity index (χ4n) is 3.04. The van der Waals surface area contributed by atoms with Gasteiger partial charge in [-0.25, -0.2) is 0 Å².